The molecule has 46 heavy (non-hydrogen) atoms. The summed E-state index contributed by atoms with van der Waals surface area (Å²) in [4.78, 5) is 11.6. The summed E-state index contributed by atoms with van der Waals surface area (Å²) in [6.07, 6.45) is -7.89. The summed E-state index contributed by atoms with van der Waals surface area (Å²) in [7, 11) is 0. The minimum absolute atomic E-state index is 0. The summed E-state index contributed by atoms with van der Waals surface area (Å²) < 4.78 is 76.0. The van der Waals surface area contributed by atoms with Gasteiger partial charge in [-0.25, -0.2) is 5.10 Å². The predicted molar refractivity (Wildman–Crippen MR) is 171 cm³/mol. The predicted octanol–water partition coefficient (Wildman–Crippen LogP) is 8.89. The van der Waals surface area contributed by atoms with E-state index in [-0.39, 0.29) is 22.9 Å². The largest absolute Gasteiger partial charge is 0.416 e. The van der Waals surface area contributed by atoms with Crippen molar-refractivity contribution in [2.75, 3.05) is 6.54 Å². The van der Waals surface area contributed by atoms with Gasteiger partial charge in [0, 0.05) is 29.7 Å². The van der Waals surface area contributed by atoms with E-state index in [1.807, 2.05) is 60.7 Å². The first-order valence-electron chi connectivity index (χ1n) is 13.9. The highest BCUT2D eigenvalue weighted by Gasteiger charge is 2.31. The Morgan fingerprint density at radius 2 is 1.17 bits per heavy atom. The fourth-order valence-corrected chi connectivity index (χ4v) is 4.95. The first-order chi connectivity index (χ1) is 21.5. The summed E-state index contributed by atoms with van der Waals surface area (Å²) in [5.41, 5.74) is 6.16. The van der Waals surface area contributed by atoms with Crippen molar-refractivity contribution in [3.05, 3.63) is 148 Å². The van der Waals surface area contributed by atoms with Gasteiger partial charge in [0.2, 0.25) is 0 Å². The molecule has 1 atom stereocenters. The minimum atomic E-state index is -4.40. The van der Waals surface area contributed by atoms with E-state index in [0.717, 1.165) is 53.1 Å². The van der Waals surface area contributed by atoms with E-state index >= 15 is 0 Å². The number of hydrazone groups is 1. The third-order valence-electron chi connectivity index (χ3n) is 7.16. The summed E-state index contributed by atoms with van der Waals surface area (Å²) in [5, 5.41) is 10.8. The molecule has 2 heterocycles. The molecule has 5 nitrogen and oxygen atoms in total. The maximum absolute atomic E-state index is 12.7. The molecule has 0 saturated carbocycles. The molecule has 12 heteroatoms. The number of nitrogens with zero attached hydrogens (tertiary/aromatic N) is 2. The molecule has 6 rings (SSSR count). The van der Waals surface area contributed by atoms with Crippen molar-refractivity contribution in [1.82, 2.24) is 15.6 Å². The number of hydrogen-bond donors (Lipinski definition) is 2. The highest BCUT2D eigenvalue weighted by molar-refractivity contribution is 8.93. The van der Waals surface area contributed by atoms with Crippen LogP contribution in [-0.4, -0.2) is 22.5 Å². The van der Waals surface area contributed by atoms with Crippen LogP contribution in [0.15, 0.2) is 125 Å². The van der Waals surface area contributed by atoms with Gasteiger partial charge in [-0.05, 0) is 47.4 Å². The van der Waals surface area contributed by atoms with Gasteiger partial charge in [0.25, 0.3) is 5.56 Å². The van der Waals surface area contributed by atoms with Crippen LogP contribution in [-0.2, 0) is 12.4 Å². The number of aromatic nitrogens is 2. The van der Waals surface area contributed by atoms with Crippen LogP contribution in [0.25, 0.3) is 22.4 Å². The van der Waals surface area contributed by atoms with Crippen molar-refractivity contribution >= 4 is 22.7 Å². The molecule has 0 spiro atoms. The average Bonchev–Trinajstić information content (AvgIpc) is 3.05. The molecule has 0 aliphatic carbocycles. The number of halogens is 7. The van der Waals surface area contributed by atoms with E-state index in [4.69, 9.17) is 0 Å². The van der Waals surface area contributed by atoms with Gasteiger partial charge in [0.15, 0.2) is 0 Å². The Kier molecular flexibility index (Phi) is 10.8. The highest BCUT2D eigenvalue weighted by Crippen LogP contribution is 2.34. The molecule has 0 bridgehead atoms. The van der Waals surface area contributed by atoms with Crippen LogP contribution in [0.3, 0.4) is 0 Å². The third-order valence-corrected chi connectivity index (χ3v) is 7.16. The monoisotopic (exact) mass is 700 g/mol. The SMILES string of the molecule is Br.FC(F)(F)c1ccc(C2CCNN=C2c2ccccc2)cc1.O=c1cc(-c2ccc(C(F)(F)F)cc2)c(-c2ccccc2)n[nH]1. The van der Waals surface area contributed by atoms with Crippen molar-refractivity contribution in [1.29, 1.82) is 0 Å². The highest BCUT2D eigenvalue weighted by atomic mass is 79.9. The maximum atomic E-state index is 12.7. The lowest BCUT2D eigenvalue weighted by Crippen LogP contribution is -2.27. The summed E-state index contributed by atoms with van der Waals surface area (Å²) >= 11 is 0. The molecule has 1 aliphatic heterocycles. The number of aromatic amines is 1. The minimum Gasteiger partial charge on any atom is -0.310 e. The van der Waals surface area contributed by atoms with E-state index in [2.05, 4.69) is 20.7 Å². The molecule has 238 valence electrons. The Morgan fingerprint density at radius 3 is 1.72 bits per heavy atom. The number of alkyl halides is 6. The third kappa shape index (κ3) is 8.30. The van der Waals surface area contributed by atoms with E-state index in [1.54, 1.807) is 12.1 Å². The second kappa shape index (κ2) is 14.6. The molecule has 2 N–H and O–H groups in total. The molecule has 1 aliphatic rings. The fraction of sp³-hybridized carbons (Fsp3) is 0.147. The van der Waals surface area contributed by atoms with Gasteiger partial charge < -0.3 is 5.43 Å². The molecule has 5 aromatic rings. The molecule has 0 radical (unpaired) electrons. The van der Waals surface area contributed by atoms with Crippen LogP contribution in [0, 0.1) is 0 Å². The summed E-state index contributed by atoms with van der Waals surface area (Å²) in [5.74, 6) is 0.00549. The summed E-state index contributed by atoms with van der Waals surface area (Å²) in [6, 6.07) is 30.2. The maximum Gasteiger partial charge on any atom is 0.416 e. The number of rotatable bonds is 4. The zero-order chi connectivity index (χ0) is 32.0. The molecule has 1 unspecified atom stereocenters. The van der Waals surface area contributed by atoms with Gasteiger partial charge in [-0.1, -0.05) is 84.9 Å². The Balaban J connectivity index is 0.000000205. The first kappa shape index (κ1) is 34.2. The van der Waals surface area contributed by atoms with E-state index < -0.39 is 29.0 Å². The Labute approximate surface area is 270 Å². The van der Waals surface area contributed by atoms with Gasteiger partial charge in [0.05, 0.1) is 22.5 Å². The fourth-order valence-electron chi connectivity index (χ4n) is 4.95. The molecule has 0 amide bonds. The molecular weight excluding hydrogens is 674 g/mol. The lowest BCUT2D eigenvalue weighted by molar-refractivity contribution is -0.138. The van der Waals surface area contributed by atoms with Crippen LogP contribution in [0.4, 0.5) is 26.3 Å². The zero-order valence-corrected chi connectivity index (χ0v) is 25.7. The zero-order valence-electron chi connectivity index (χ0n) is 23.9. The van der Waals surface area contributed by atoms with Crippen molar-refractivity contribution < 1.29 is 26.3 Å². The van der Waals surface area contributed by atoms with Gasteiger partial charge >= 0.3 is 12.4 Å². The lowest BCUT2D eigenvalue weighted by atomic mass is 9.86. The van der Waals surface area contributed by atoms with Crippen LogP contribution >= 0.6 is 17.0 Å². The van der Waals surface area contributed by atoms with Crippen molar-refractivity contribution in [3.63, 3.8) is 0 Å². The standard InChI is InChI=1S/C17H11F3N2O.C17H15F3N2.BrH/c18-17(19,20)13-8-6-11(7-9-13)14-10-15(23)21-22-16(14)12-4-2-1-3-5-12;18-17(19,20)14-8-6-12(7-9-14)15-10-11-21-22-16(15)13-4-2-1-3-5-13;/h1-10H,(H,21,23);1-9,15,21H,10-11H2;1H. The molecule has 0 fully saturated rings. The van der Waals surface area contributed by atoms with E-state index in [1.165, 1.54) is 18.2 Å². The lowest BCUT2D eigenvalue weighted by Gasteiger charge is -2.24. The summed E-state index contributed by atoms with van der Waals surface area (Å²) in [6.45, 7) is 0.710. The van der Waals surface area contributed by atoms with Crippen LogP contribution < -0.4 is 11.0 Å². The molecule has 4 aromatic carbocycles. The Hall–Kier alpha value is -4.71. The van der Waals surface area contributed by atoms with Crippen LogP contribution in [0.5, 0.6) is 0 Å². The van der Waals surface area contributed by atoms with Crippen LogP contribution in [0.2, 0.25) is 0 Å². The second-order valence-corrected chi connectivity index (χ2v) is 10.2. The van der Waals surface area contributed by atoms with Gasteiger partial charge in [-0.3, -0.25) is 4.79 Å². The first-order valence-corrected chi connectivity index (χ1v) is 13.9. The molecule has 1 aromatic heterocycles. The van der Waals surface area contributed by atoms with Crippen molar-refractivity contribution in [3.8, 4) is 22.4 Å². The number of H-pyrrole nitrogens is 1. The van der Waals surface area contributed by atoms with E-state index in [9.17, 15) is 31.1 Å². The van der Waals surface area contributed by atoms with E-state index in [0.29, 0.717) is 23.4 Å². The number of benzene rings is 4. The second-order valence-electron chi connectivity index (χ2n) is 10.2. The van der Waals surface area contributed by atoms with Gasteiger partial charge in [-0.2, -0.15) is 36.5 Å². The van der Waals surface area contributed by atoms with Crippen molar-refractivity contribution in [2.45, 2.75) is 24.7 Å². The smallest absolute Gasteiger partial charge is 0.310 e. The van der Waals surface area contributed by atoms with Crippen LogP contribution in [0.1, 0.15) is 34.6 Å². The Bertz CT molecular complexity index is 1810. The number of nitrogens with one attached hydrogen (secondary N) is 2. The molecule has 0 saturated heterocycles. The molecular formula is C34H27BrF6N4O. The van der Waals surface area contributed by atoms with Crippen molar-refractivity contribution in [2.24, 2.45) is 5.10 Å². The topological polar surface area (TPSA) is 70.1 Å². The average molecular weight is 702 g/mol. The van der Waals surface area contributed by atoms with Gasteiger partial charge in [-0.15, -0.1) is 17.0 Å². The van der Waals surface area contributed by atoms with Gasteiger partial charge in [0.1, 0.15) is 0 Å². The quantitative estimate of drug-likeness (QED) is 0.184. The number of hydrogen-bond acceptors (Lipinski definition) is 4. The Morgan fingerprint density at radius 1 is 0.652 bits per heavy atom. The normalized spacial score (nSPS) is 14.6.